The first-order valence-corrected chi connectivity index (χ1v) is 7.99. The van der Waals surface area contributed by atoms with Gasteiger partial charge in [-0.15, -0.1) is 0 Å². The van der Waals surface area contributed by atoms with E-state index in [-0.39, 0.29) is 24.1 Å². The van der Waals surface area contributed by atoms with Crippen LogP contribution in [0.5, 0.6) is 0 Å². The number of nitrogens with one attached hydrogen (secondary N) is 2. The molecule has 0 unspecified atom stereocenters. The van der Waals surface area contributed by atoms with Crippen LogP contribution in [0.3, 0.4) is 0 Å². The number of ether oxygens (including phenoxy) is 1. The lowest BCUT2D eigenvalue weighted by atomic mass is 10.2. The number of rotatable bonds is 9. The van der Waals surface area contributed by atoms with Gasteiger partial charge in [0.25, 0.3) is 5.91 Å². The third-order valence-electron chi connectivity index (χ3n) is 3.23. The summed E-state index contributed by atoms with van der Waals surface area (Å²) in [4.78, 5) is 37.1. The number of nitrogens with zero attached hydrogens (tertiary/aromatic N) is 1. The summed E-state index contributed by atoms with van der Waals surface area (Å²) in [5.74, 6) is -1.06. The summed E-state index contributed by atoms with van der Waals surface area (Å²) in [7, 11) is 3.11. The Morgan fingerprint density at radius 2 is 1.88 bits per heavy atom. The van der Waals surface area contributed by atoms with Crippen molar-refractivity contribution in [2.75, 3.05) is 33.9 Å². The molecule has 0 aliphatic rings. The highest BCUT2D eigenvalue weighted by Crippen LogP contribution is 2.07. The Hall–Kier alpha value is -2.67. The molecule has 0 saturated carbocycles. The number of hydrogen-bond acceptors (Lipinski definition) is 4. The fraction of sp³-hybridized carbons (Fsp3) is 0.389. The molecule has 0 atom stereocenters. The molecule has 0 aliphatic carbocycles. The number of hydrogen-bond donors (Lipinski definition) is 2. The summed E-state index contributed by atoms with van der Waals surface area (Å²) in [5, 5.41) is 5.24. The van der Waals surface area contributed by atoms with Crippen LogP contribution in [0, 0.1) is 0 Å². The Labute approximate surface area is 148 Å². The molecule has 0 saturated heterocycles. The van der Waals surface area contributed by atoms with E-state index >= 15 is 0 Å². The number of likely N-dealkylation sites (N-methyl/N-ethyl adjacent to an activating group) is 1. The molecule has 0 spiro atoms. The molecule has 7 heteroatoms. The summed E-state index contributed by atoms with van der Waals surface area (Å²) in [6.07, 6.45) is 2.28. The molecule has 1 aromatic rings. The van der Waals surface area contributed by atoms with Crippen molar-refractivity contribution in [2.24, 2.45) is 0 Å². The standard InChI is InChI=1S/C18H25N3O4/c1-14(22)20-16(12-15-8-5-4-6-9-15)18(24)21(2)13-17(23)19-10-7-11-25-3/h4-6,8-9,12H,7,10-11,13H2,1-3H3,(H,19,23)(H,20,22)/b16-12+. The number of carbonyl (C=O) groups excluding carboxylic acids is 3. The molecule has 0 bridgehead atoms. The van der Waals surface area contributed by atoms with Crippen LogP contribution < -0.4 is 10.6 Å². The van der Waals surface area contributed by atoms with E-state index in [1.165, 1.54) is 18.9 Å². The first-order valence-electron chi connectivity index (χ1n) is 7.99. The monoisotopic (exact) mass is 347 g/mol. The fourth-order valence-electron chi connectivity index (χ4n) is 2.05. The van der Waals surface area contributed by atoms with E-state index in [9.17, 15) is 14.4 Å². The van der Waals surface area contributed by atoms with Gasteiger partial charge < -0.3 is 20.3 Å². The molecule has 3 amide bonds. The van der Waals surface area contributed by atoms with Crippen molar-refractivity contribution >= 4 is 23.8 Å². The van der Waals surface area contributed by atoms with Gasteiger partial charge in [-0.3, -0.25) is 14.4 Å². The molecule has 7 nitrogen and oxygen atoms in total. The predicted molar refractivity (Wildman–Crippen MR) is 95.4 cm³/mol. The van der Waals surface area contributed by atoms with Crippen LogP contribution in [0.15, 0.2) is 36.0 Å². The van der Waals surface area contributed by atoms with Crippen LogP contribution in [0.25, 0.3) is 6.08 Å². The Bertz CT molecular complexity index is 614. The summed E-state index contributed by atoms with van der Waals surface area (Å²) in [6.45, 7) is 2.26. The number of benzene rings is 1. The maximum absolute atomic E-state index is 12.5. The molecule has 0 fully saturated rings. The van der Waals surface area contributed by atoms with E-state index in [0.717, 1.165) is 5.56 Å². The lowest BCUT2D eigenvalue weighted by molar-refractivity contribution is -0.132. The molecule has 1 aromatic carbocycles. The zero-order valence-corrected chi connectivity index (χ0v) is 14.9. The summed E-state index contributed by atoms with van der Waals surface area (Å²) >= 11 is 0. The third-order valence-corrected chi connectivity index (χ3v) is 3.23. The Morgan fingerprint density at radius 1 is 1.20 bits per heavy atom. The van der Waals surface area contributed by atoms with Crippen molar-refractivity contribution in [2.45, 2.75) is 13.3 Å². The minimum absolute atomic E-state index is 0.0997. The van der Waals surface area contributed by atoms with E-state index in [2.05, 4.69) is 10.6 Å². The maximum Gasteiger partial charge on any atom is 0.270 e. The third kappa shape index (κ3) is 8.12. The Balaban J connectivity index is 2.71. The van der Waals surface area contributed by atoms with Crippen LogP contribution in [0.4, 0.5) is 0 Å². The lowest BCUT2D eigenvalue weighted by Crippen LogP contribution is -2.41. The topological polar surface area (TPSA) is 87.7 Å². The summed E-state index contributed by atoms with van der Waals surface area (Å²) in [6, 6.07) is 9.16. The first kappa shape index (κ1) is 20.4. The Morgan fingerprint density at radius 3 is 2.48 bits per heavy atom. The predicted octanol–water partition coefficient (Wildman–Crippen LogP) is 0.775. The van der Waals surface area contributed by atoms with Crippen LogP contribution >= 0.6 is 0 Å². The summed E-state index contributed by atoms with van der Waals surface area (Å²) in [5.41, 5.74) is 0.894. The second kappa shape index (κ2) is 11.0. The van der Waals surface area contributed by atoms with Gasteiger partial charge >= 0.3 is 0 Å². The zero-order chi connectivity index (χ0) is 18.7. The quantitative estimate of drug-likeness (QED) is 0.510. The lowest BCUT2D eigenvalue weighted by Gasteiger charge is -2.19. The highest BCUT2D eigenvalue weighted by Gasteiger charge is 2.18. The second-order valence-corrected chi connectivity index (χ2v) is 5.51. The Kier molecular flexibility index (Phi) is 8.95. The van der Waals surface area contributed by atoms with Crippen molar-refractivity contribution in [1.29, 1.82) is 0 Å². The molecule has 0 aliphatic heterocycles. The zero-order valence-electron chi connectivity index (χ0n) is 14.9. The van der Waals surface area contributed by atoms with Crippen molar-refractivity contribution in [3.05, 3.63) is 41.6 Å². The summed E-state index contributed by atoms with van der Waals surface area (Å²) < 4.78 is 4.90. The first-order chi connectivity index (χ1) is 11.9. The molecule has 0 radical (unpaired) electrons. The van der Waals surface area contributed by atoms with Crippen LogP contribution in [0.1, 0.15) is 18.9 Å². The van der Waals surface area contributed by atoms with Gasteiger partial charge in [-0.05, 0) is 18.1 Å². The van der Waals surface area contributed by atoms with Crippen molar-refractivity contribution in [1.82, 2.24) is 15.5 Å². The van der Waals surface area contributed by atoms with Crippen molar-refractivity contribution in [3.63, 3.8) is 0 Å². The van der Waals surface area contributed by atoms with Crippen LogP contribution in [0.2, 0.25) is 0 Å². The molecule has 2 N–H and O–H groups in total. The van der Waals surface area contributed by atoms with Gasteiger partial charge in [0, 0.05) is 34.2 Å². The smallest absolute Gasteiger partial charge is 0.270 e. The number of amides is 3. The largest absolute Gasteiger partial charge is 0.385 e. The molecular formula is C18H25N3O4. The van der Waals surface area contributed by atoms with Gasteiger partial charge in [0.2, 0.25) is 11.8 Å². The minimum atomic E-state index is -0.439. The van der Waals surface area contributed by atoms with Gasteiger partial charge in [0.1, 0.15) is 5.70 Å². The SMILES string of the molecule is COCCCNC(=O)CN(C)C(=O)/C(=C\c1ccccc1)NC(C)=O. The van der Waals surface area contributed by atoms with E-state index in [1.807, 2.05) is 30.3 Å². The molecule has 0 aromatic heterocycles. The number of methoxy groups -OCH3 is 1. The van der Waals surface area contributed by atoms with Crippen molar-refractivity contribution < 1.29 is 19.1 Å². The van der Waals surface area contributed by atoms with E-state index in [4.69, 9.17) is 4.74 Å². The van der Waals surface area contributed by atoms with Gasteiger partial charge in [0.05, 0.1) is 6.54 Å². The van der Waals surface area contributed by atoms with Crippen LogP contribution in [-0.4, -0.2) is 56.5 Å². The molecule has 25 heavy (non-hydrogen) atoms. The highest BCUT2D eigenvalue weighted by molar-refractivity contribution is 6.02. The number of carbonyl (C=O) groups is 3. The van der Waals surface area contributed by atoms with Gasteiger partial charge in [-0.1, -0.05) is 30.3 Å². The van der Waals surface area contributed by atoms with E-state index in [0.29, 0.717) is 19.6 Å². The van der Waals surface area contributed by atoms with Crippen LogP contribution in [-0.2, 0) is 19.1 Å². The molecule has 136 valence electrons. The van der Waals surface area contributed by atoms with Crippen molar-refractivity contribution in [3.8, 4) is 0 Å². The van der Waals surface area contributed by atoms with Gasteiger partial charge in [0.15, 0.2) is 0 Å². The molecular weight excluding hydrogens is 322 g/mol. The van der Waals surface area contributed by atoms with Gasteiger partial charge in [-0.25, -0.2) is 0 Å². The normalized spacial score (nSPS) is 10.9. The fourth-order valence-corrected chi connectivity index (χ4v) is 2.05. The van der Waals surface area contributed by atoms with E-state index < -0.39 is 5.91 Å². The molecule has 1 rings (SSSR count). The van der Waals surface area contributed by atoms with E-state index in [1.54, 1.807) is 13.2 Å². The average Bonchev–Trinajstić information content (AvgIpc) is 2.58. The second-order valence-electron chi connectivity index (χ2n) is 5.51. The molecule has 0 heterocycles. The maximum atomic E-state index is 12.5. The minimum Gasteiger partial charge on any atom is -0.385 e. The average molecular weight is 347 g/mol. The van der Waals surface area contributed by atoms with Gasteiger partial charge in [-0.2, -0.15) is 0 Å². The highest BCUT2D eigenvalue weighted by atomic mass is 16.5.